The highest BCUT2D eigenvalue weighted by Gasteiger charge is 2.50. The Morgan fingerprint density at radius 3 is 2.65 bits per heavy atom. The summed E-state index contributed by atoms with van der Waals surface area (Å²) in [7, 11) is -1.31. The molecular weight excluding hydrogens is 316 g/mol. The minimum atomic E-state index is -3.17. The second-order valence-electron chi connectivity index (χ2n) is 6.62. The normalized spacial score (nSPS) is 25.0. The average Bonchev–Trinajstić information content (AvgIpc) is 3.03. The lowest BCUT2D eigenvalue weighted by Crippen LogP contribution is -2.54. The number of nitrogens with one attached hydrogen (secondary N) is 1. The number of nitrogens with zero attached hydrogens (tertiary/aromatic N) is 3. The van der Waals surface area contributed by atoms with Crippen molar-refractivity contribution in [2.24, 2.45) is 7.05 Å². The number of carbonyl (C=O) groups excluding carboxylic acids is 1. The van der Waals surface area contributed by atoms with Gasteiger partial charge in [-0.1, -0.05) is 6.92 Å². The van der Waals surface area contributed by atoms with Crippen LogP contribution in [0.1, 0.15) is 44.1 Å². The van der Waals surface area contributed by atoms with Crippen LogP contribution in [0.4, 0.5) is 0 Å². The van der Waals surface area contributed by atoms with Crippen molar-refractivity contribution in [1.29, 1.82) is 0 Å². The fourth-order valence-electron chi connectivity index (χ4n) is 3.88. The molecule has 0 unspecified atom stereocenters. The van der Waals surface area contributed by atoms with Crippen LogP contribution >= 0.6 is 0 Å². The van der Waals surface area contributed by atoms with E-state index in [1.165, 1.54) is 0 Å². The molecule has 2 saturated heterocycles. The van der Waals surface area contributed by atoms with E-state index in [-0.39, 0.29) is 23.1 Å². The fourth-order valence-corrected chi connectivity index (χ4v) is 5.39. The molecule has 7 nitrogen and oxygen atoms in total. The molecule has 0 bridgehead atoms. The number of piperidine rings is 1. The van der Waals surface area contributed by atoms with Gasteiger partial charge in [0.15, 0.2) is 0 Å². The van der Waals surface area contributed by atoms with Crippen molar-refractivity contribution < 1.29 is 13.2 Å². The lowest BCUT2D eigenvalue weighted by molar-refractivity contribution is -0.120. The summed E-state index contributed by atoms with van der Waals surface area (Å²) in [5, 5.41) is 7.35. The second kappa shape index (κ2) is 5.90. The average molecular weight is 340 g/mol. The van der Waals surface area contributed by atoms with Crippen LogP contribution in [0.2, 0.25) is 0 Å². The number of sulfonamides is 1. The third-order valence-electron chi connectivity index (χ3n) is 5.04. The van der Waals surface area contributed by atoms with Gasteiger partial charge in [-0.25, -0.2) is 12.7 Å². The van der Waals surface area contributed by atoms with Crippen molar-refractivity contribution in [2.75, 3.05) is 18.8 Å². The van der Waals surface area contributed by atoms with E-state index >= 15 is 0 Å². The largest absolute Gasteiger partial charge is 0.350 e. The Morgan fingerprint density at radius 2 is 2.09 bits per heavy atom. The summed E-state index contributed by atoms with van der Waals surface area (Å²) in [5.74, 6) is 0.307. The van der Waals surface area contributed by atoms with E-state index in [1.807, 2.05) is 26.4 Å². The van der Waals surface area contributed by atoms with E-state index < -0.39 is 10.0 Å². The van der Waals surface area contributed by atoms with Crippen molar-refractivity contribution in [1.82, 2.24) is 19.4 Å². The molecule has 1 aromatic heterocycles. The molecule has 0 aromatic carbocycles. The Labute approximate surface area is 137 Å². The molecule has 2 fully saturated rings. The Bertz CT molecular complexity index is 689. The van der Waals surface area contributed by atoms with Gasteiger partial charge in [-0.2, -0.15) is 5.10 Å². The molecule has 8 heteroatoms. The Kier molecular flexibility index (Phi) is 4.22. The molecule has 2 aliphatic rings. The van der Waals surface area contributed by atoms with Crippen molar-refractivity contribution >= 4 is 15.9 Å². The van der Waals surface area contributed by atoms with Crippen LogP contribution in [-0.4, -0.2) is 52.8 Å². The number of hydrogen-bond acceptors (Lipinski definition) is 4. The highest BCUT2D eigenvalue weighted by Crippen LogP contribution is 2.43. The summed E-state index contributed by atoms with van der Waals surface area (Å²) in [4.78, 5) is 12.0. The van der Waals surface area contributed by atoms with Crippen LogP contribution < -0.4 is 5.32 Å². The molecule has 0 radical (unpaired) electrons. The predicted molar refractivity (Wildman–Crippen MR) is 86.3 cm³/mol. The SMILES string of the molecule is CCCS(=O)(=O)N1CCC2(CC1)NC(=O)C[C@H]2c1cnn(C)c1. The van der Waals surface area contributed by atoms with E-state index in [4.69, 9.17) is 0 Å². The quantitative estimate of drug-likeness (QED) is 0.870. The maximum absolute atomic E-state index is 12.2. The van der Waals surface area contributed by atoms with Crippen LogP contribution in [0.5, 0.6) is 0 Å². The number of carbonyl (C=O) groups is 1. The fraction of sp³-hybridized carbons (Fsp3) is 0.733. The molecule has 1 atom stereocenters. The van der Waals surface area contributed by atoms with Crippen molar-refractivity contribution in [3.8, 4) is 0 Å². The molecule has 0 saturated carbocycles. The van der Waals surface area contributed by atoms with Gasteiger partial charge in [0.05, 0.1) is 11.9 Å². The van der Waals surface area contributed by atoms with E-state index in [2.05, 4.69) is 10.4 Å². The summed E-state index contributed by atoms with van der Waals surface area (Å²) in [6.07, 6.45) is 6.15. The van der Waals surface area contributed by atoms with E-state index in [0.717, 1.165) is 5.56 Å². The first-order chi connectivity index (χ1) is 10.9. The van der Waals surface area contributed by atoms with E-state index in [9.17, 15) is 13.2 Å². The molecule has 23 heavy (non-hydrogen) atoms. The first-order valence-corrected chi connectivity index (χ1v) is 9.74. The Balaban J connectivity index is 1.79. The second-order valence-corrected chi connectivity index (χ2v) is 8.71. The molecule has 1 spiro atoms. The molecular formula is C15H24N4O3S. The zero-order valence-corrected chi connectivity index (χ0v) is 14.5. The Hall–Kier alpha value is -1.41. The summed E-state index contributed by atoms with van der Waals surface area (Å²) < 4.78 is 27.8. The lowest BCUT2D eigenvalue weighted by atomic mass is 9.75. The van der Waals surface area contributed by atoms with Gasteiger partial charge in [0.2, 0.25) is 15.9 Å². The molecule has 2 aliphatic heterocycles. The van der Waals surface area contributed by atoms with Crippen LogP contribution in [0, 0.1) is 0 Å². The van der Waals surface area contributed by atoms with Gasteiger partial charge in [-0.15, -0.1) is 0 Å². The molecule has 128 valence electrons. The number of aryl methyl sites for hydroxylation is 1. The Morgan fingerprint density at radius 1 is 1.39 bits per heavy atom. The molecule has 3 heterocycles. The zero-order valence-electron chi connectivity index (χ0n) is 13.7. The van der Waals surface area contributed by atoms with Gasteiger partial charge in [-0.3, -0.25) is 9.48 Å². The molecule has 3 rings (SSSR count). The highest BCUT2D eigenvalue weighted by atomic mass is 32.2. The third kappa shape index (κ3) is 3.01. The van der Waals surface area contributed by atoms with Gasteiger partial charge < -0.3 is 5.32 Å². The minimum Gasteiger partial charge on any atom is -0.350 e. The summed E-state index contributed by atoms with van der Waals surface area (Å²) in [6, 6.07) is 0. The summed E-state index contributed by atoms with van der Waals surface area (Å²) >= 11 is 0. The minimum absolute atomic E-state index is 0.0451. The van der Waals surface area contributed by atoms with Crippen LogP contribution in [0.25, 0.3) is 0 Å². The molecule has 1 aromatic rings. The number of amides is 1. The maximum atomic E-state index is 12.2. The summed E-state index contributed by atoms with van der Waals surface area (Å²) in [6.45, 7) is 2.82. The van der Waals surface area contributed by atoms with Crippen LogP contribution in [0.3, 0.4) is 0 Å². The van der Waals surface area contributed by atoms with Gasteiger partial charge in [-0.05, 0) is 24.8 Å². The standard InChI is InChI=1S/C15H24N4O3S/c1-3-8-23(21,22)19-6-4-15(5-7-19)13(9-14(20)17-15)12-10-16-18(2)11-12/h10-11,13H,3-9H2,1-2H3,(H,17,20)/t13-/m0/s1. The van der Waals surface area contributed by atoms with Gasteiger partial charge >= 0.3 is 0 Å². The monoisotopic (exact) mass is 340 g/mol. The zero-order chi connectivity index (χ0) is 16.7. The number of rotatable bonds is 4. The molecule has 1 amide bonds. The highest BCUT2D eigenvalue weighted by molar-refractivity contribution is 7.89. The molecule has 0 aliphatic carbocycles. The van der Waals surface area contributed by atoms with Gasteiger partial charge in [0.1, 0.15) is 0 Å². The third-order valence-corrected chi connectivity index (χ3v) is 7.12. The molecule has 1 N–H and O–H groups in total. The van der Waals surface area contributed by atoms with E-state index in [1.54, 1.807) is 8.99 Å². The van der Waals surface area contributed by atoms with Crippen LogP contribution in [-0.2, 0) is 21.9 Å². The maximum Gasteiger partial charge on any atom is 0.221 e. The van der Waals surface area contributed by atoms with Crippen molar-refractivity contribution in [3.05, 3.63) is 18.0 Å². The smallest absolute Gasteiger partial charge is 0.221 e. The number of aromatic nitrogens is 2. The summed E-state index contributed by atoms with van der Waals surface area (Å²) in [5.41, 5.74) is 0.717. The topological polar surface area (TPSA) is 84.3 Å². The van der Waals surface area contributed by atoms with E-state index in [0.29, 0.717) is 38.8 Å². The van der Waals surface area contributed by atoms with Crippen LogP contribution in [0.15, 0.2) is 12.4 Å². The van der Waals surface area contributed by atoms with Crippen molar-refractivity contribution in [3.63, 3.8) is 0 Å². The number of hydrogen-bond donors (Lipinski definition) is 1. The predicted octanol–water partition coefficient (Wildman–Crippen LogP) is 0.598. The van der Waals surface area contributed by atoms with Gasteiger partial charge in [0.25, 0.3) is 0 Å². The van der Waals surface area contributed by atoms with Gasteiger partial charge in [0, 0.05) is 44.2 Å². The first kappa shape index (κ1) is 16.4. The van der Waals surface area contributed by atoms with Crippen molar-refractivity contribution in [2.45, 2.75) is 44.1 Å². The lowest BCUT2D eigenvalue weighted by Gasteiger charge is -2.42. The first-order valence-electron chi connectivity index (χ1n) is 8.14.